The van der Waals surface area contributed by atoms with Gasteiger partial charge in [0.2, 0.25) is 11.2 Å². The van der Waals surface area contributed by atoms with E-state index in [0.717, 1.165) is 53.5 Å². The van der Waals surface area contributed by atoms with E-state index in [1.54, 1.807) is 23.9 Å². The van der Waals surface area contributed by atoms with E-state index in [0.29, 0.717) is 18.4 Å². The van der Waals surface area contributed by atoms with E-state index in [1.807, 2.05) is 6.07 Å². The average molecular weight is 517 g/mol. The molecule has 0 spiro atoms. The van der Waals surface area contributed by atoms with Crippen LogP contribution in [0.2, 0.25) is 0 Å². The highest BCUT2D eigenvalue weighted by Gasteiger charge is 2.30. The zero-order valence-electron chi connectivity index (χ0n) is 18.3. The van der Waals surface area contributed by atoms with E-state index in [-0.39, 0.29) is 18.1 Å². The van der Waals surface area contributed by atoms with Gasteiger partial charge in [0, 0.05) is 11.0 Å². The molecule has 0 fully saturated rings. The zero-order chi connectivity index (χ0) is 24.8. The molecule has 6 nitrogen and oxygen atoms in total. The summed E-state index contributed by atoms with van der Waals surface area (Å²) in [5.74, 6) is 0.895. The molecule has 1 heterocycles. The molecule has 0 saturated carbocycles. The lowest BCUT2D eigenvalue weighted by Gasteiger charge is -2.10. The minimum absolute atomic E-state index is 0.0338. The first-order chi connectivity index (χ1) is 16.0. The summed E-state index contributed by atoms with van der Waals surface area (Å²) in [6, 6.07) is 10.2. The second-order valence-electron chi connectivity index (χ2n) is 7.49. The summed E-state index contributed by atoms with van der Waals surface area (Å²) in [4.78, 5) is 12.9. The SMILES string of the molecule is CS(=O)(=O)OCc1cc(=O)c(OCCCCCSc2cccc3cc(C(F)(F)F)ccc23)co1. The largest absolute Gasteiger partial charge is 0.487 e. The number of fused-ring (bicyclic) bond motifs is 1. The molecule has 0 aliphatic heterocycles. The molecule has 0 saturated heterocycles. The van der Waals surface area contributed by atoms with Crippen LogP contribution in [0.25, 0.3) is 10.8 Å². The third-order valence-corrected chi connectivity index (χ3v) is 6.44. The highest BCUT2D eigenvalue weighted by Crippen LogP contribution is 2.34. The fourth-order valence-corrected chi connectivity index (χ4v) is 4.50. The second kappa shape index (κ2) is 11.3. The Kier molecular flexibility index (Phi) is 8.67. The van der Waals surface area contributed by atoms with Crippen molar-refractivity contribution in [2.45, 2.75) is 36.9 Å². The van der Waals surface area contributed by atoms with Crippen LogP contribution in [0, 0.1) is 0 Å². The van der Waals surface area contributed by atoms with Crippen molar-refractivity contribution in [3.05, 3.63) is 70.3 Å². The molecule has 0 N–H and O–H groups in total. The highest BCUT2D eigenvalue weighted by molar-refractivity contribution is 7.99. The maximum Gasteiger partial charge on any atom is 0.416 e. The number of hydrogen-bond acceptors (Lipinski definition) is 7. The minimum atomic E-state index is -4.37. The van der Waals surface area contributed by atoms with Crippen molar-refractivity contribution in [3.63, 3.8) is 0 Å². The molecule has 3 aromatic rings. The predicted molar refractivity (Wildman–Crippen MR) is 124 cm³/mol. The highest BCUT2D eigenvalue weighted by atomic mass is 32.2. The quantitative estimate of drug-likeness (QED) is 0.186. The normalized spacial score (nSPS) is 12.2. The summed E-state index contributed by atoms with van der Waals surface area (Å²) in [6.07, 6.45) is 0.0571. The standard InChI is InChI=1S/C23H23F3O6S2/c1-34(28,29)32-14-18-13-20(27)21(15-31-18)30-10-3-2-4-11-33-22-7-5-6-16-12-17(23(24,25)26)8-9-19(16)22/h5-9,12-13,15H,2-4,10-11,14H2,1H3. The number of thioether (sulfide) groups is 1. The van der Waals surface area contributed by atoms with Crippen LogP contribution in [0.3, 0.4) is 0 Å². The van der Waals surface area contributed by atoms with Crippen LogP contribution in [0.5, 0.6) is 5.75 Å². The van der Waals surface area contributed by atoms with Crippen molar-refractivity contribution in [2.24, 2.45) is 0 Å². The first kappa shape index (κ1) is 26.1. The lowest BCUT2D eigenvalue weighted by atomic mass is 10.1. The summed E-state index contributed by atoms with van der Waals surface area (Å²) < 4.78 is 75.9. The van der Waals surface area contributed by atoms with Crippen LogP contribution in [0.1, 0.15) is 30.6 Å². The van der Waals surface area contributed by atoms with Gasteiger partial charge in [-0.3, -0.25) is 8.98 Å². The average Bonchev–Trinajstić information content (AvgIpc) is 2.76. The van der Waals surface area contributed by atoms with Crippen molar-refractivity contribution in [2.75, 3.05) is 18.6 Å². The van der Waals surface area contributed by atoms with Crippen LogP contribution in [0.15, 0.2) is 62.8 Å². The first-order valence-electron chi connectivity index (χ1n) is 10.3. The van der Waals surface area contributed by atoms with Gasteiger partial charge in [0.05, 0.1) is 18.4 Å². The number of unbranched alkanes of at least 4 members (excludes halogenated alkanes) is 2. The third-order valence-electron chi connectivity index (χ3n) is 4.74. The van der Waals surface area contributed by atoms with E-state index in [2.05, 4.69) is 4.18 Å². The van der Waals surface area contributed by atoms with Gasteiger partial charge in [0.25, 0.3) is 10.1 Å². The topological polar surface area (TPSA) is 82.8 Å². The molecule has 3 rings (SSSR count). The number of ether oxygens (including phenoxy) is 1. The van der Waals surface area contributed by atoms with Gasteiger partial charge in [0.15, 0.2) is 0 Å². The molecule has 0 bridgehead atoms. The number of hydrogen-bond donors (Lipinski definition) is 0. The molecule has 0 unspecified atom stereocenters. The fourth-order valence-electron chi connectivity index (χ4n) is 3.09. The Balaban J connectivity index is 1.41. The van der Waals surface area contributed by atoms with E-state index in [4.69, 9.17) is 9.15 Å². The zero-order valence-corrected chi connectivity index (χ0v) is 19.9. The molecule has 2 aromatic carbocycles. The van der Waals surface area contributed by atoms with Gasteiger partial charge in [-0.1, -0.05) is 18.2 Å². The second-order valence-corrected chi connectivity index (χ2v) is 10.3. The molecule has 11 heteroatoms. The Hall–Kier alpha value is -2.50. The molecule has 1 aromatic heterocycles. The van der Waals surface area contributed by atoms with Crippen LogP contribution in [-0.4, -0.2) is 27.0 Å². The van der Waals surface area contributed by atoms with Crippen molar-refractivity contribution >= 4 is 32.7 Å². The van der Waals surface area contributed by atoms with Gasteiger partial charge in [-0.15, -0.1) is 11.8 Å². The summed E-state index contributed by atoms with van der Waals surface area (Å²) in [5, 5.41) is 1.35. The lowest BCUT2D eigenvalue weighted by Crippen LogP contribution is -2.10. The van der Waals surface area contributed by atoms with Crippen molar-refractivity contribution in [1.82, 2.24) is 0 Å². The van der Waals surface area contributed by atoms with Crippen molar-refractivity contribution in [3.8, 4) is 5.75 Å². The molecular weight excluding hydrogens is 493 g/mol. The molecular formula is C23H23F3O6S2. The Bertz CT molecular complexity index is 1290. The number of rotatable bonds is 11. The Labute approximate surface area is 199 Å². The maximum atomic E-state index is 12.9. The van der Waals surface area contributed by atoms with E-state index < -0.39 is 27.3 Å². The minimum Gasteiger partial charge on any atom is -0.487 e. The molecule has 34 heavy (non-hydrogen) atoms. The van der Waals surface area contributed by atoms with Gasteiger partial charge in [-0.05, 0) is 54.0 Å². The Morgan fingerprint density at radius 2 is 1.85 bits per heavy atom. The number of alkyl halides is 3. The van der Waals surface area contributed by atoms with Crippen molar-refractivity contribution in [1.29, 1.82) is 0 Å². The van der Waals surface area contributed by atoms with Crippen LogP contribution in [-0.2, 0) is 27.1 Å². The molecule has 184 valence electrons. The molecule has 0 aliphatic carbocycles. The van der Waals surface area contributed by atoms with Crippen LogP contribution < -0.4 is 10.2 Å². The summed E-state index contributed by atoms with van der Waals surface area (Å²) >= 11 is 1.59. The summed E-state index contributed by atoms with van der Waals surface area (Å²) in [5.41, 5.74) is -1.09. The van der Waals surface area contributed by atoms with Crippen LogP contribution >= 0.6 is 11.8 Å². The fraction of sp³-hybridized carbons (Fsp3) is 0.348. The lowest BCUT2D eigenvalue weighted by molar-refractivity contribution is -0.137. The summed E-state index contributed by atoms with van der Waals surface area (Å²) in [7, 11) is -3.64. The van der Waals surface area contributed by atoms with E-state index >= 15 is 0 Å². The van der Waals surface area contributed by atoms with Gasteiger partial charge in [-0.2, -0.15) is 21.6 Å². The molecule has 0 aliphatic rings. The van der Waals surface area contributed by atoms with E-state index in [9.17, 15) is 26.4 Å². The van der Waals surface area contributed by atoms with Gasteiger partial charge in [-0.25, -0.2) is 0 Å². The molecule has 0 radical (unpaired) electrons. The third kappa shape index (κ3) is 7.78. The maximum absolute atomic E-state index is 12.9. The predicted octanol–water partition coefficient (Wildman–Crippen LogP) is 5.63. The monoisotopic (exact) mass is 516 g/mol. The van der Waals surface area contributed by atoms with Gasteiger partial charge < -0.3 is 9.15 Å². The first-order valence-corrected chi connectivity index (χ1v) is 13.1. The number of benzene rings is 2. The molecule has 0 atom stereocenters. The van der Waals surface area contributed by atoms with Gasteiger partial charge >= 0.3 is 6.18 Å². The van der Waals surface area contributed by atoms with Crippen molar-refractivity contribution < 1.29 is 34.9 Å². The van der Waals surface area contributed by atoms with Gasteiger partial charge in [0.1, 0.15) is 18.6 Å². The van der Waals surface area contributed by atoms with E-state index in [1.165, 1.54) is 12.1 Å². The summed E-state index contributed by atoms with van der Waals surface area (Å²) in [6.45, 7) is -0.0602. The Morgan fingerprint density at radius 1 is 1.06 bits per heavy atom. The molecule has 0 amide bonds. The Morgan fingerprint density at radius 3 is 2.56 bits per heavy atom. The number of halogens is 3. The van der Waals surface area contributed by atoms with Crippen LogP contribution in [0.4, 0.5) is 13.2 Å². The smallest absolute Gasteiger partial charge is 0.416 e.